The first-order valence-corrected chi connectivity index (χ1v) is 8.57. The van der Waals surface area contributed by atoms with Gasteiger partial charge in [0.25, 0.3) is 0 Å². The Hall–Kier alpha value is -1.63. The summed E-state index contributed by atoms with van der Waals surface area (Å²) in [6, 6.07) is 7.64. The zero-order valence-electron chi connectivity index (χ0n) is 14.1. The summed E-state index contributed by atoms with van der Waals surface area (Å²) in [6.07, 6.45) is 3.01. The van der Waals surface area contributed by atoms with E-state index in [1.54, 1.807) is 12.1 Å². The van der Waals surface area contributed by atoms with Crippen molar-refractivity contribution in [3.05, 3.63) is 35.2 Å². The predicted molar refractivity (Wildman–Crippen MR) is 99.0 cm³/mol. The zero-order valence-corrected chi connectivity index (χ0v) is 15.6. The van der Waals surface area contributed by atoms with Crippen LogP contribution < -0.4 is 5.32 Å². The van der Waals surface area contributed by atoms with Gasteiger partial charge in [-0.3, -0.25) is 4.79 Å². The SMILES string of the molecule is CNC1CCCN(C(=O)CCc2nc(-c3ccc(Cl)cc3)no2)C1.Cl. The maximum Gasteiger partial charge on any atom is 0.227 e. The number of likely N-dealkylation sites (N-methyl/N-ethyl adjacent to an activating group) is 1. The molecule has 8 heteroatoms. The number of rotatable bonds is 5. The van der Waals surface area contributed by atoms with E-state index in [2.05, 4.69) is 15.5 Å². The fraction of sp³-hybridized carbons (Fsp3) is 0.471. The lowest BCUT2D eigenvalue weighted by Crippen LogP contribution is -2.47. The molecule has 25 heavy (non-hydrogen) atoms. The van der Waals surface area contributed by atoms with Crippen LogP contribution in [0.2, 0.25) is 5.02 Å². The number of carbonyl (C=O) groups excluding carboxylic acids is 1. The molecule has 136 valence electrons. The lowest BCUT2D eigenvalue weighted by atomic mass is 10.1. The quantitative estimate of drug-likeness (QED) is 0.857. The molecule has 2 heterocycles. The Kier molecular flexibility index (Phi) is 7.23. The number of nitrogens with one attached hydrogen (secondary N) is 1. The van der Waals surface area contributed by atoms with Crippen LogP contribution in [0.1, 0.15) is 25.2 Å². The van der Waals surface area contributed by atoms with E-state index in [4.69, 9.17) is 16.1 Å². The molecule has 2 aromatic rings. The van der Waals surface area contributed by atoms with Crippen molar-refractivity contribution in [2.45, 2.75) is 31.7 Å². The molecule has 1 unspecified atom stereocenters. The number of likely N-dealkylation sites (tertiary alicyclic amines) is 1. The second kappa shape index (κ2) is 9.17. The van der Waals surface area contributed by atoms with Crippen LogP contribution in [0, 0.1) is 0 Å². The molecule has 1 aromatic carbocycles. The Bertz CT molecular complexity index is 690. The lowest BCUT2D eigenvalue weighted by Gasteiger charge is -2.32. The van der Waals surface area contributed by atoms with Gasteiger partial charge in [-0.15, -0.1) is 12.4 Å². The van der Waals surface area contributed by atoms with Gasteiger partial charge in [-0.1, -0.05) is 16.8 Å². The number of aryl methyl sites for hydroxylation is 1. The lowest BCUT2D eigenvalue weighted by molar-refractivity contribution is -0.132. The van der Waals surface area contributed by atoms with Crippen LogP contribution in [0.5, 0.6) is 0 Å². The van der Waals surface area contributed by atoms with Gasteiger partial charge in [0.05, 0.1) is 0 Å². The normalized spacial score (nSPS) is 17.2. The third-order valence-electron chi connectivity index (χ3n) is 4.31. The summed E-state index contributed by atoms with van der Waals surface area (Å²) < 4.78 is 5.25. The van der Waals surface area contributed by atoms with Crippen LogP contribution in [0.3, 0.4) is 0 Å². The number of nitrogens with zero attached hydrogens (tertiary/aromatic N) is 3. The van der Waals surface area contributed by atoms with Crippen LogP contribution in [0.15, 0.2) is 28.8 Å². The van der Waals surface area contributed by atoms with Gasteiger partial charge in [0, 0.05) is 42.6 Å². The molecule has 0 saturated carbocycles. The molecule has 1 N–H and O–H groups in total. The van der Waals surface area contributed by atoms with E-state index in [9.17, 15) is 4.79 Å². The number of amides is 1. The Morgan fingerprint density at radius 3 is 2.88 bits per heavy atom. The smallest absolute Gasteiger partial charge is 0.227 e. The van der Waals surface area contributed by atoms with Gasteiger partial charge >= 0.3 is 0 Å². The van der Waals surface area contributed by atoms with Crippen molar-refractivity contribution in [2.75, 3.05) is 20.1 Å². The topological polar surface area (TPSA) is 71.3 Å². The first kappa shape index (κ1) is 19.7. The summed E-state index contributed by atoms with van der Waals surface area (Å²) in [5, 5.41) is 7.87. The second-order valence-electron chi connectivity index (χ2n) is 5.99. The van der Waals surface area contributed by atoms with Gasteiger partial charge in [-0.2, -0.15) is 4.98 Å². The first-order valence-electron chi connectivity index (χ1n) is 8.19. The third kappa shape index (κ3) is 5.17. The number of benzene rings is 1. The molecule has 3 rings (SSSR count). The average Bonchev–Trinajstić information content (AvgIpc) is 3.09. The molecule has 1 aromatic heterocycles. The van der Waals surface area contributed by atoms with E-state index >= 15 is 0 Å². The van der Waals surface area contributed by atoms with Crippen LogP contribution >= 0.6 is 24.0 Å². The summed E-state index contributed by atoms with van der Waals surface area (Å²) in [5.74, 6) is 1.14. The van der Waals surface area contributed by atoms with Crippen molar-refractivity contribution in [2.24, 2.45) is 0 Å². The van der Waals surface area contributed by atoms with Crippen molar-refractivity contribution in [1.29, 1.82) is 0 Å². The molecule has 1 saturated heterocycles. The van der Waals surface area contributed by atoms with Gasteiger partial charge < -0.3 is 14.7 Å². The second-order valence-corrected chi connectivity index (χ2v) is 6.42. The molecule has 1 amide bonds. The Balaban J connectivity index is 0.00000225. The average molecular weight is 385 g/mol. The van der Waals surface area contributed by atoms with Crippen molar-refractivity contribution >= 4 is 29.9 Å². The summed E-state index contributed by atoms with van der Waals surface area (Å²) in [7, 11) is 1.94. The Labute approximate surface area is 158 Å². The van der Waals surface area contributed by atoms with Crippen LogP contribution in [0.4, 0.5) is 0 Å². The number of hydrogen-bond donors (Lipinski definition) is 1. The van der Waals surface area contributed by atoms with Gasteiger partial charge in [0.15, 0.2) is 0 Å². The van der Waals surface area contributed by atoms with Crippen molar-refractivity contribution < 1.29 is 9.32 Å². The van der Waals surface area contributed by atoms with Crippen LogP contribution in [-0.2, 0) is 11.2 Å². The fourth-order valence-electron chi connectivity index (χ4n) is 2.88. The summed E-state index contributed by atoms with van der Waals surface area (Å²) in [5.41, 5.74) is 0.841. The highest BCUT2D eigenvalue weighted by atomic mass is 35.5. The number of hydrogen-bond acceptors (Lipinski definition) is 5. The Morgan fingerprint density at radius 2 is 2.16 bits per heavy atom. The van der Waals surface area contributed by atoms with Gasteiger partial charge in [-0.25, -0.2) is 0 Å². The molecule has 0 radical (unpaired) electrons. The molecule has 0 bridgehead atoms. The van der Waals surface area contributed by atoms with Gasteiger partial charge in [0.2, 0.25) is 17.6 Å². The van der Waals surface area contributed by atoms with Crippen LogP contribution in [0.25, 0.3) is 11.4 Å². The minimum absolute atomic E-state index is 0. The summed E-state index contributed by atoms with van der Waals surface area (Å²) in [4.78, 5) is 18.6. The number of piperidine rings is 1. The standard InChI is InChI=1S/C17H21ClN4O2.ClH/c1-19-14-3-2-10-22(11-14)16(23)9-8-15-20-17(21-24-15)12-4-6-13(18)7-5-12;/h4-7,14,19H,2-3,8-11H2,1H3;1H. The van der Waals surface area contributed by atoms with Crippen LogP contribution in [-0.4, -0.2) is 47.1 Å². The molecular formula is C17H22Cl2N4O2. The van der Waals surface area contributed by atoms with E-state index in [1.165, 1.54) is 0 Å². The van der Waals surface area contributed by atoms with Crippen molar-refractivity contribution in [1.82, 2.24) is 20.4 Å². The monoisotopic (exact) mass is 384 g/mol. The van der Waals surface area contributed by atoms with Crippen molar-refractivity contribution in [3.8, 4) is 11.4 Å². The summed E-state index contributed by atoms with van der Waals surface area (Å²) >= 11 is 5.87. The molecule has 0 aliphatic carbocycles. The molecule has 1 aliphatic rings. The molecular weight excluding hydrogens is 363 g/mol. The number of carbonyl (C=O) groups is 1. The third-order valence-corrected chi connectivity index (χ3v) is 4.56. The molecule has 6 nitrogen and oxygen atoms in total. The summed E-state index contributed by atoms with van der Waals surface area (Å²) in [6.45, 7) is 1.60. The maximum absolute atomic E-state index is 12.3. The molecule has 1 atom stereocenters. The van der Waals surface area contributed by atoms with E-state index in [-0.39, 0.29) is 18.3 Å². The van der Waals surface area contributed by atoms with E-state index < -0.39 is 0 Å². The van der Waals surface area contributed by atoms with E-state index in [1.807, 2.05) is 24.1 Å². The zero-order chi connectivity index (χ0) is 16.9. The molecule has 1 fully saturated rings. The predicted octanol–water partition coefficient (Wildman–Crippen LogP) is 2.95. The fourth-order valence-corrected chi connectivity index (χ4v) is 3.01. The minimum Gasteiger partial charge on any atom is -0.341 e. The van der Waals surface area contributed by atoms with E-state index in [0.29, 0.717) is 35.6 Å². The van der Waals surface area contributed by atoms with Gasteiger partial charge in [0.1, 0.15) is 0 Å². The Morgan fingerprint density at radius 1 is 1.40 bits per heavy atom. The minimum atomic E-state index is 0. The van der Waals surface area contributed by atoms with Gasteiger partial charge in [-0.05, 0) is 44.2 Å². The highest BCUT2D eigenvalue weighted by molar-refractivity contribution is 6.30. The molecule has 1 aliphatic heterocycles. The number of aromatic nitrogens is 2. The maximum atomic E-state index is 12.3. The largest absolute Gasteiger partial charge is 0.341 e. The van der Waals surface area contributed by atoms with E-state index in [0.717, 1.165) is 31.5 Å². The molecule has 0 spiro atoms. The highest BCUT2D eigenvalue weighted by Gasteiger charge is 2.22. The highest BCUT2D eigenvalue weighted by Crippen LogP contribution is 2.19. The number of halogens is 2. The first-order chi connectivity index (χ1) is 11.7. The van der Waals surface area contributed by atoms with Crippen molar-refractivity contribution in [3.63, 3.8) is 0 Å².